The Kier molecular flexibility index (Phi) is 5.37. The molecule has 0 saturated carbocycles. The predicted octanol–water partition coefficient (Wildman–Crippen LogP) is 2.39. The molecule has 18 heavy (non-hydrogen) atoms. The normalized spacial score (nSPS) is 31.5. The summed E-state index contributed by atoms with van der Waals surface area (Å²) >= 11 is 0. The molecule has 1 saturated heterocycles. The van der Waals surface area contributed by atoms with Crippen molar-refractivity contribution in [2.24, 2.45) is 5.92 Å². The smallest absolute Gasteiger partial charge is 0.472 e. The highest BCUT2D eigenvalue weighted by Gasteiger charge is 2.40. The molecule has 0 radical (unpaired) electrons. The standard InChI is InChI=1S/C11H21O6P/c1-7(2)6-15-18(13,14)17-10-5-8(3)16-11(10)9(4)12/h7-8,10-12H,4-6H2,1-3H3,(H,13,14)/t8-,10?,11+/m0/s1. The monoisotopic (exact) mass is 280 g/mol. The highest BCUT2D eigenvalue weighted by Crippen LogP contribution is 2.47. The summed E-state index contributed by atoms with van der Waals surface area (Å²) in [5, 5.41) is 9.34. The van der Waals surface area contributed by atoms with Crippen LogP contribution in [-0.2, 0) is 18.3 Å². The van der Waals surface area contributed by atoms with Crippen molar-refractivity contribution in [2.45, 2.75) is 45.5 Å². The molecule has 1 aliphatic rings. The summed E-state index contributed by atoms with van der Waals surface area (Å²) in [7, 11) is -4.13. The Morgan fingerprint density at radius 3 is 2.72 bits per heavy atom. The minimum Gasteiger partial charge on any atom is -0.510 e. The van der Waals surface area contributed by atoms with Crippen molar-refractivity contribution in [2.75, 3.05) is 6.61 Å². The Bertz CT molecular complexity index is 342. The van der Waals surface area contributed by atoms with Gasteiger partial charge in [-0.05, 0) is 12.8 Å². The Labute approximate surface area is 107 Å². The van der Waals surface area contributed by atoms with Gasteiger partial charge in [-0.15, -0.1) is 0 Å². The summed E-state index contributed by atoms with van der Waals surface area (Å²) < 4.78 is 26.9. The number of hydrogen-bond acceptors (Lipinski definition) is 5. The largest absolute Gasteiger partial charge is 0.510 e. The van der Waals surface area contributed by atoms with E-state index in [9.17, 15) is 14.6 Å². The first-order valence-corrected chi connectivity index (χ1v) is 7.39. The minimum absolute atomic E-state index is 0.122. The molecule has 1 aliphatic heterocycles. The molecule has 4 atom stereocenters. The van der Waals surface area contributed by atoms with Gasteiger partial charge in [-0.2, -0.15) is 0 Å². The molecule has 1 fully saturated rings. The molecule has 1 rings (SSSR count). The second-order valence-electron chi connectivity index (χ2n) is 4.90. The number of phosphoric ester groups is 1. The first kappa shape index (κ1) is 15.7. The van der Waals surface area contributed by atoms with Crippen LogP contribution in [0.3, 0.4) is 0 Å². The molecule has 0 aromatic carbocycles. The molecule has 2 unspecified atom stereocenters. The average molecular weight is 280 g/mol. The SMILES string of the molecule is C=C(O)[C@H]1O[C@@H](C)CC1OP(=O)(O)OCC(C)C. The molecule has 0 aliphatic carbocycles. The van der Waals surface area contributed by atoms with E-state index >= 15 is 0 Å². The molecule has 0 bridgehead atoms. The average Bonchev–Trinajstić information content (AvgIpc) is 2.56. The molecule has 7 heteroatoms. The predicted molar refractivity (Wildman–Crippen MR) is 66.2 cm³/mol. The van der Waals surface area contributed by atoms with Crippen molar-refractivity contribution in [1.82, 2.24) is 0 Å². The number of rotatable bonds is 6. The van der Waals surface area contributed by atoms with E-state index in [-0.39, 0.29) is 24.4 Å². The highest BCUT2D eigenvalue weighted by atomic mass is 31.2. The fourth-order valence-electron chi connectivity index (χ4n) is 1.68. The van der Waals surface area contributed by atoms with Gasteiger partial charge in [0.2, 0.25) is 0 Å². The van der Waals surface area contributed by atoms with Crippen LogP contribution in [0.4, 0.5) is 0 Å². The molecule has 0 aromatic rings. The van der Waals surface area contributed by atoms with Gasteiger partial charge in [0.1, 0.15) is 18.0 Å². The van der Waals surface area contributed by atoms with Gasteiger partial charge < -0.3 is 14.7 Å². The lowest BCUT2D eigenvalue weighted by Gasteiger charge is -2.21. The topological polar surface area (TPSA) is 85.2 Å². The van der Waals surface area contributed by atoms with Crippen LogP contribution in [0, 0.1) is 5.92 Å². The maximum absolute atomic E-state index is 11.7. The fraction of sp³-hybridized carbons (Fsp3) is 0.818. The maximum atomic E-state index is 11.7. The zero-order valence-corrected chi connectivity index (χ0v) is 11.8. The van der Waals surface area contributed by atoms with Gasteiger partial charge in [0, 0.05) is 6.42 Å². The highest BCUT2D eigenvalue weighted by molar-refractivity contribution is 7.47. The number of aliphatic hydroxyl groups excluding tert-OH is 1. The van der Waals surface area contributed by atoms with Crippen molar-refractivity contribution < 1.29 is 28.3 Å². The van der Waals surface area contributed by atoms with Crippen LogP contribution in [0.5, 0.6) is 0 Å². The zero-order chi connectivity index (χ0) is 13.9. The minimum atomic E-state index is -4.13. The zero-order valence-electron chi connectivity index (χ0n) is 10.9. The van der Waals surface area contributed by atoms with Crippen LogP contribution in [0.1, 0.15) is 27.2 Å². The molecule has 6 nitrogen and oxygen atoms in total. The van der Waals surface area contributed by atoms with Crippen molar-refractivity contribution >= 4 is 7.82 Å². The van der Waals surface area contributed by atoms with E-state index in [1.165, 1.54) is 0 Å². The third kappa shape index (κ3) is 4.71. The Morgan fingerprint density at radius 1 is 1.61 bits per heavy atom. The molecule has 0 amide bonds. The van der Waals surface area contributed by atoms with E-state index in [1.54, 1.807) is 6.92 Å². The first-order valence-electron chi connectivity index (χ1n) is 5.90. The lowest BCUT2D eigenvalue weighted by molar-refractivity contribution is 0.0102. The van der Waals surface area contributed by atoms with E-state index in [0.29, 0.717) is 6.42 Å². The first-order chi connectivity index (χ1) is 8.21. The second-order valence-corrected chi connectivity index (χ2v) is 6.30. The molecular weight excluding hydrogens is 259 g/mol. The number of aliphatic hydroxyl groups is 1. The molecule has 0 spiro atoms. The number of ether oxygens (including phenoxy) is 1. The molecule has 2 N–H and O–H groups in total. The van der Waals surface area contributed by atoms with Crippen LogP contribution in [0.15, 0.2) is 12.3 Å². The van der Waals surface area contributed by atoms with Crippen molar-refractivity contribution in [1.29, 1.82) is 0 Å². The van der Waals surface area contributed by atoms with E-state index in [1.807, 2.05) is 13.8 Å². The molecular formula is C11H21O6P. The van der Waals surface area contributed by atoms with E-state index < -0.39 is 20.0 Å². The van der Waals surface area contributed by atoms with Gasteiger partial charge in [-0.1, -0.05) is 20.4 Å². The Hall–Kier alpha value is -0.390. The Balaban J connectivity index is 2.59. The molecule has 0 aromatic heterocycles. The number of hydrogen-bond donors (Lipinski definition) is 2. The summed E-state index contributed by atoms with van der Waals surface area (Å²) in [6, 6.07) is 0. The van der Waals surface area contributed by atoms with Gasteiger partial charge in [-0.25, -0.2) is 4.57 Å². The lowest BCUT2D eigenvalue weighted by Crippen LogP contribution is -2.25. The van der Waals surface area contributed by atoms with E-state index in [4.69, 9.17) is 13.8 Å². The van der Waals surface area contributed by atoms with Crippen molar-refractivity contribution in [3.8, 4) is 0 Å². The van der Waals surface area contributed by atoms with Crippen molar-refractivity contribution in [3.63, 3.8) is 0 Å². The molecule has 1 heterocycles. The van der Waals surface area contributed by atoms with E-state index in [0.717, 1.165) is 0 Å². The van der Waals surface area contributed by atoms with E-state index in [2.05, 4.69) is 6.58 Å². The fourth-order valence-corrected chi connectivity index (χ4v) is 2.77. The van der Waals surface area contributed by atoms with Crippen LogP contribution in [-0.4, -0.2) is 34.9 Å². The van der Waals surface area contributed by atoms with Crippen LogP contribution >= 0.6 is 7.82 Å². The van der Waals surface area contributed by atoms with Crippen LogP contribution in [0.25, 0.3) is 0 Å². The Morgan fingerprint density at radius 2 is 2.22 bits per heavy atom. The maximum Gasteiger partial charge on any atom is 0.472 e. The summed E-state index contributed by atoms with van der Waals surface area (Å²) in [6.07, 6.45) is -1.28. The van der Waals surface area contributed by atoms with Gasteiger partial charge in [-0.3, -0.25) is 9.05 Å². The number of phosphoric acid groups is 1. The van der Waals surface area contributed by atoms with Crippen LogP contribution < -0.4 is 0 Å². The lowest BCUT2D eigenvalue weighted by atomic mass is 10.1. The third-order valence-electron chi connectivity index (χ3n) is 2.45. The quantitative estimate of drug-likeness (QED) is 0.574. The van der Waals surface area contributed by atoms with Gasteiger partial charge in [0.25, 0.3) is 0 Å². The second kappa shape index (κ2) is 6.17. The third-order valence-corrected chi connectivity index (χ3v) is 3.46. The van der Waals surface area contributed by atoms with Gasteiger partial charge in [0.15, 0.2) is 0 Å². The summed E-state index contributed by atoms with van der Waals surface area (Å²) in [4.78, 5) is 9.55. The summed E-state index contributed by atoms with van der Waals surface area (Å²) in [6.45, 7) is 9.00. The van der Waals surface area contributed by atoms with Crippen LogP contribution in [0.2, 0.25) is 0 Å². The van der Waals surface area contributed by atoms with Gasteiger partial charge in [0.05, 0.1) is 12.7 Å². The summed E-state index contributed by atoms with van der Waals surface area (Å²) in [5.41, 5.74) is 0. The summed E-state index contributed by atoms with van der Waals surface area (Å²) in [5.74, 6) is -0.0929. The molecule has 106 valence electrons. The van der Waals surface area contributed by atoms with Crippen molar-refractivity contribution in [3.05, 3.63) is 12.3 Å². The van der Waals surface area contributed by atoms with Gasteiger partial charge >= 0.3 is 7.82 Å².